The highest BCUT2D eigenvalue weighted by Gasteiger charge is 2.57. The second-order valence-corrected chi connectivity index (χ2v) is 13.9. The highest BCUT2D eigenvalue weighted by Crippen LogP contribution is 2.32. The average Bonchev–Trinajstić information content (AvgIpc) is 3.07. The fourth-order valence-electron chi connectivity index (χ4n) is 6.31. The number of aliphatic hydroxyl groups is 3. The van der Waals surface area contributed by atoms with Crippen molar-refractivity contribution in [3.8, 4) is 0 Å². The molecule has 1 unspecified atom stereocenters. The summed E-state index contributed by atoms with van der Waals surface area (Å²) in [5.74, 6) is -1.38. The SMILES string of the molecule is C=CCC(O)(CO)C(O)(C(=O)CCCCCCC/C=C\CCCCCCCC)C(=O)CCCCCCC/C=C\CCCCCCCC. The van der Waals surface area contributed by atoms with Crippen LogP contribution in [0, 0.1) is 0 Å². The molecule has 0 aromatic heterocycles. The lowest BCUT2D eigenvalue weighted by Gasteiger charge is -2.39. The Morgan fingerprint density at radius 1 is 0.511 bits per heavy atom. The van der Waals surface area contributed by atoms with Crippen LogP contribution in [0.4, 0.5) is 0 Å². The van der Waals surface area contributed by atoms with E-state index in [2.05, 4.69) is 44.7 Å². The van der Waals surface area contributed by atoms with Gasteiger partial charge in [0.15, 0.2) is 11.6 Å². The molecule has 47 heavy (non-hydrogen) atoms. The van der Waals surface area contributed by atoms with Gasteiger partial charge < -0.3 is 15.3 Å². The van der Waals surface area contributed by atoms with Gasteiger partial charge in [0, 0.05) is 12.8 Å². The number of hydrogen-bond acceptors (Lipinski definition) is 5. The van der Waals surface area contributed by atoms with E-state index in [4.69, 9.17) is 0 Å². The number of unbranched alkanes of at least 4 members (excludes halogenated alkanes) is 22. The minimum absolute atomic E-state index is 0.00618. The van der Waals surface area contributed by atoms with E-state index >= 15 is 0 Å². The van der Waals surface area contributed by atoms with Gasteiger partial charge >= 0.3 is 0 Å². The lowest BCUT2D eigenvalue weighted by Crippen LogP contribution is -2.65. The Labute approximate surface area is 290 Å². The Balaban J connectivity index is 4.39. The molecule has 274 valence electrons. The number of Topliss-reactive ketones (excluding diaryl/α,β-unsaturated/α-hetero) is 2. The van der Waals surface area contributed by atoms with E-state index in [0.29, 0.717) is 12.8 Å². The smallest absolute Gasteiger partial charge is 0.212 e. The number of aliphatic hydroxyl groups excluding tert-OH is 1. The molecule has 3 N–H and O–H groups in total. The summed E-state index contributed by atoms with van der Waals surface area (Å²) in [6.07, 6.45) is 39.7. The molecule has 0 aliphatic carbocycles. The number of hydrogen-bond donors (Lipinski definition) is 3. The molecular formula is C42H76O5. The minimum Gasteiger partial charge on any atom is -0.393 e. The first-order chi connectivity index (χ1) is 22.8. The van der Waals surface area contributed by atoms with E-state index in [0.717, 1.165) is 64.2 Å². The van der Waals surface area contributed by atoms with Gasteiger partial charge in [0.25, 0.3) is 0 Å². The third-order valence-corrected chi connectivity index (χ3v) is 9.56. The van der Waals surface area contributed by atoms with Crippen LogP contribution in [0.1, 0.15) is 200 Å². The molecule has 0 rings (SSSR count). The van der Waals surface area contributed by atoms with Crippen molar-refractivity contribution in [2.75, 3.05) is 6.61 Å². The molecule has 0 aliphatic rings. The molecule has 1 atom stereocenters. The molecule has 0 amide bonds. The van der Waals surface area contributed by atoms with E-state index < -0.39 is 29.4 Å². The van der Waals surface area contributed by atoms with Crippen LogP contribution in [0.5, 0.6) is 0 Å². The summed E-state index contributed by atoms with van der Waals surface area (Å²) >= 11 is 0. The molecule has 0 saturated carbocycles. The number of carbonyl (C=O) groups is 2. The maximum absolute atomic E-state index is 13.3. The molecule has 5 heteroatoms. The predicted octanol–water partition coefficient (Wildman–Crippen LogP) is 11.2. The summed E-state index contributed by atoms with van der Waals surface area (Å²) in [5, 5.41) is 32.5. The highest BCUT2D eigenvalue weighted by atomic mass is 16.4. The topological polar surface area (TPSA) is 94.8 Å². The fraction of sp³-hybridized carbons (Fsp3) is 0.810. The number of carbonyl (C=O) groups excluding carboxylic acids is 2. The van der Waals surface area contributed by atoms with E-state index in [1.54, 1.807) is 0 Å². The fourth-order valence-corrected chi connectivity index (χ4v) is 6.31. The lowest BCUT2D eigenvalue weighted by molar-refractivity contribution is -0.189. The van der Waals surface area contributed by atoms with Crippen molar-refractivity contribution in [3.63, 3.8) is 0 Å². The molecule has 0 heterocycles. The van der Waals surface area contributed by atoms with Crippen molar-refractivity contribution in [2.45, 2.75) is 211 Å². The van der Waals surface area contributed by atoms with Crippen molar-refractivity contribution in [1.29, 1.82) is 0 Å². The quantitative estimate of drug-likeness (QED) is 0.0353. The van der Waals surface area contributed by atoms with Crippen molar-refractivity contribution in [1.82, 2.24) is 0 Å². The molecule has 0 bridgehead atoms. The standard InChI is InChI=1S/C42H76O5/c1-4-7-9-11-13-15-17-19-21-23-25-27-29-31-33-35-39(44)42(47,41(46,38-43)37-6-3)40(45)36-34-32-30-28-26-24-22-20-18-16-14-12-10-8-5-2/h6,19-22,43,46-47H,3-5,7-18,23-38H2,1-2H3/b21-19-,22-20-. The highest BCUT2D eigenvalue weighted by molar-refractivity contribution is 6.11. The van der Waals surface area contributed by atoms with Crippen molar-refractivity contribution < 1.29 is 24.9 Å². The molecule has 0 radical (unpaired) electrons. The normalized spacial score (nSPS) is 13.5. The van der Waals surface area contributed by atoms with Crippen LogP contribution < -0.4 is 0 Å². The van der Waals surface area contributed by atoms with Gasteiger partial charge in [0.1, 0.15) is 5.60 Å². The second kappa shape index (κ2) is 31.7. The zero-order chi connectivity index (χ0) is 34.9. The number of allylic oxidation sites excluding steroid dienone is 4. The molecule has 0 aromatic carbocycles. The van der Waals surface area contributed by atoms with Crippen LogP contribution in [-0.4, -0.2) is 44.7 Å². The van der Waals surface area contributed by atoms with Gasteiger partial charge in [-0.2, -0.15) is 0 Å². The van der Waals surface area contributed by atoms with E-state index in [1.807, 2.05) is 0 Å². The molecule has 0 aliphatic heterocycles. The summed E-state index contributed by atoms with van der Waals surface area (Å²) in [4.78, 5) is 26.6. The van der Waals surface area contributed by atoms with Gasteiger partial charge in [0.05, 0.1) is 6.61 Å². The van der Waals surface area contributed by atoms with Gasteiger partial charge in [-0.3, -0.25) is 9.59 Å². The first-order valence-corrected chi connectivity index (χ1v) is 19.9. The molecule has 0 saturated heterocycles. The largest absolute Gasteiger partial charge is 0.393 e. The Hall–Kier alpha value is -1.56. The van der Waals surface area contributed by atoms with Crippen molar-refractivity contribution >= 4 is 11.6 Å². The second-order valence-electron chi connectivity index (χ2n) is 13.9. The average molecular weight is 661 g/mol. The van der Waals surface area contributed by atoms with Gasteiger partial charge in [0.2, 0.25) is 5.60 Å². The van der Waals surface area contributed by atoms with Gasteiger partial charge in [-0.1, -0.05) is 147 Å². The Morgan fingerprint density at radius 3 is 1.11 bits per heavy atom. The molecule has 0 fully saturated rings. The number of ketones is 2. The van der Waals surface area contributed by atoms with Crippen LogP contribution >= 0.6 is 0 Å². The Morgan fingerprint density at radius 2 is 0.809 bits per heavy atom. The van der Waals surface area contributed by atoms with E-state index in [-0.39, 0.29) is 19.3 Å². The third-order valence-electron chi connectivity index (χ3n) is 9.56. The predicted molar refractivity (Wildman–Crippen MR) is 201 cm³/mol. The van der Waals surface area contributed by atoms with Crippen LogP contribution in [0.15, 0.2) is 37.0 Å². The van der Waals surface area contributed by atoms with Gasteiger partial charge in [-0.15, -0.1) is 6.58 Å². The summed E-state index contributed by atoms with van der Waals surface area (Å²) in [5.41, 5.74) is -4.87. The van der Waals surface area contributed by atoms with E-state index in [1.165, 1.54) is 96.0 Å². The molecule has 0 aromatic rings. The number of rotatable bonds is 36. The Bertz CT molecular complexity index is 764. The zero-order valence-electron chi connectivity index (χ0n) is 31.0. The lowest BCUT2D eigenvalue weighted by atomic mass is 9.72. The summed E-state index contributed by atoms with van der Waals surface area (Å²) in [6, 6.07) is 0. The maximum atomic E-state index is 13.3. The van der Waals surface area contributed by atoms with Crippen LogP contribution in [0.3, 0.4) is 0 Å². The molecule has 0 spiro atoms. The zero-order valence-corrected chi connectivity index (χ0v) is 31.0. The molecular weight excluding hydrogens is 584 g/mol. The minimum atomic E-state index is -2.61. The van der Waals surface area contributed by atoms with Crippen molar-refractivity contribution in [2.24, 2.45) is 0 Å². The van der Waals surface area contributed by atoms with Crippen LogP contribution in [0.2, 0.25) is 0 Å². The third kappa shape index (κ3) is 21.9. The van der Waals surface area contributed by atoms with E-state index in [9.17, 15) is 24.9 Å². The monoisotopic (exact) mass is 661 g/mol. The van der Waals surface area contributed by atoms with Gasteiger partial charge in [-0.05, 0) is 70.6 Å². The van der Waals surface area contributed by atoms with Crippen LogP contribution in [-0.2, 0) is 9.59 Å². The summed E-state index contributed by atoms with van der Waals surface area (Å²) in [6.45, 7) is 7.21. The molecule has 5 nitrogen and oxygen atoms in total. The summed E-state index contributed by atoms with van der Waals surface area (Å²) in [7, 11) is 0. The Kier molecular flexibility index (Phi) is 30.6. The van der Waals surface area contributed by atoms with Crippen molar-refractivity contribution in [3.05, 3.63) is 37.0 Å². The van der Waals surface area contributed by atoms with Crippen LogP contribution in [0.25, 0.3) is 0 Å². The first-order valence-electron chi connectivity index (χ1n) is 19.9. The first kappa shape index (κ1) is 45.4. The maximum Gasteiger partial charge on any atom is 0.212 e. The van der Waals surface area contributed by atoms with Gasteiger partial charge in [-0.25, -0.2) is 0 Å². The summed E-state index contributed by atoms with van der Waals surface area (Å²) < 4.78 is 0.